The van der Waals surface area contributed by atoms with E-state index in [0.29, 0.717) is 41.5 Å². The molecule has 1 aliphatic heterocycles. The SMILES string of the molecule is O=C1CCCN1Cc1nnc(SCc2cc(Cl)ccc2OCc2cccnc2)o1. The van der Waals surface area contributed by atoms with E-state index in [1.165, 1.54) is 11.8 Å². The van der Waals surface area contributed by atoms with E-state index in [1.807, 2.05) is 24.3 Å². The molecule has 0 N–H and O–H groups in total. The highest BCUT2D eigenvalue weighted by Crippen LogP contribution is 2.30. The second kappa shape index (κ2) is 9.28. The molecule has 1 fully saturated rings. The molecule has 0 radical (unpaired) electrons. The molecule has 9 heteroatoms. The fraction of sp³-hybridized carbons (Fsp3) is 0.300. The summed E-state index contributed by atoms with van der Waals surface area (Å²) in [6.07, 6.45) is 4.97. The van der Waals surface area contributed by atoms with Crippen molar-refractivity contribution >= 4 is 29.3 Å². The van der Waals surface area contributed by atoms with Crippen LogP contribution in [-0.4, -0.2) is 32.5 Å². The third kappa shape index (κ3) is 5.27. The van der Waals surface area contributed by atoms with Crippen LogP contribution in [0, 0.1) is 0 Å². The lowest BCUT2D eigenvalue weighted by Crippen LogP contribution is -2.23. The molecule has 3 aromatic rings. The summed E-state index contributed by atoms with van der Waals surface area (Å²) in [5.41, 5.74) is 1.92. The number of halogens is 1. The van der Waals surface area contributed by atoms with E-state index in [-0.39, 0.29) is 5.91 Å². The lowest BCUT2D eigenvalue weighted by Gasteiger charge is -2.12. The van der Waals surface area contributed by atoms with Crippen molar-refractivity contribution < 1.29 is 13.9 Å². The van der Waals surface area contributed by atoms with Gasteiger partial charge in [-0.1, -0.05) is 29.4 Å². The van der Waals surface area contributed by atoms with Gasteiger partial charge in [0.2, 0.25) is 11.8 Å². The molecule has 1 amide bonds. The van der Waals surface area contributed by atoms with Gasteiger partial charge >= 0.3 is 0 Å². The second-order valence-electron chi connectivity index (χ2n) is 6.57. The molecule has 0 spiro atoms. The number of carbonyl (C=O) groups excluding carboxylic acids is 1. The number of rotatable bonds is 8. The number of thioether (sulfide) groups is 1. The summed E-state index contributed by atoms with van der Waals surface area (Å²) in [5.74, 6) is 1.88. The van der Waals surface area contributed by atoms with Crippen LogP contribution < -0.4 is 4.74 Å². The predicted molar refractivity (Wildman–Crippen MR) is 109 cm³/mol. The fourth-order valence-electron chi connectivity index (χ4n) is 2.98. The Labute approximate surface area is 177 Å². The maximum absolute atomic E-state index is 11.7. The van der Waals surface area contributed by atoms with E-state index in [9.17, 15) is 4.79 Å². The third-order valence-corrected chi connectivity index (χ3v) is 5.54. The predicted octanol–water partition coefficient (Wildman–Crippen LogP) is 4.11. The standard InChI is InChI=1S/C20H19ClN4O3S/c21-16-5-6-17(27-12-14-3-1-7-22-10-14)15(9-16)13-29-20-24-23-18(28-20)11-25-8-2-4-19(25)26/h1,3,5-7,9-10H,2,4,8,11-13H2. The maximum atomic E-state index is 11.7. The van der Waals surface area contributed by atoms with E-state index in [1.54, 1.807) is 23.4 Å². The van der Waals surface area contributed by atoms with Crippen LogP contribution in [-0.2, 0) is 23.7 Å². The van der Waals surface area contributed by atoms with Crippen molar-refractivity contribution in [3.05, 3.63) is 64.8 Å². The third-order valence-electron chi connectivity index (χ3n) is 4.44. The molecule has 0 unspecified atom stereocenters. The smallest absolute Gasteiger partial charge is 0.276 e. The van der Waals surface area contributed by atoms with Crippen LogP contribution in [0.25, 0.3) is 0 Å². The minimum atomic E-state index is 0.131. The van der Waals surface area contributed by atoms with E-state index in [2.05, 4.69) is 15.2 Å². The molecule has 0 bridgehead atoms. The quantitative estimate of drug-likeness (QED) is 0.497. The van der Waals surface area contributed by atoms with Crippen molar-refractivity contribution in [2.24, 2.45) is 0 Å². The molecule has 7 nitrogen and oxygen atoms in total. The summed E-state index contributed by atoms with van der Waals surface area (Å²) in [7, 11) is 0. The van der Waals surface area contributed by atoms with Gasteiger partial charge in [0.05, 0.1) is 6.54 Å². The van der Waals surface area contributed by atoms with Crippen molar-refractivity contribution in [3.63, 3.8) is 0 Å². The molecule has 1 aliphatic rings. The van der Waals surface area contributed by atoms with Crippen molar-refractivity contribution in [2.75, 3.05) is 6.54 Å². The minimum absolute atomic E-state index is 0.131. The number of benzene rings is 1. The summed E-state index contributed by atoms with van der Waals surface area (Å²) < 4.78 is 11.6. The van der Waals surface area contributed by atoms with E-state index >= 15 is 0 Å². The number of hydrogen-bond donors (Lipinski definition) is 0. The summed E-state index contributed by atoms with van der Waals surface area (Å²) in [4.78, 5) is 17.6. The number of ether oxygens (including phenoxy) is 1. The first kappa shape index (κ1) is 19.7. The van der Waals surface area contributed by atoms with Crippen LogP contribution in [0.4, 0.5) is 0 Å². The van der Waals surface area contributed by atoms with Gasteiger partial charge < -0.3 is 14.1 Å². The highest BCUT2D eigenvalue weighted by atomic mass is 35.5. The lowest BCUT2D eigenvalue weighted by molar-refractivity contribution is -0.128. The Morgan fingerprint density at radius 1 is 1.28 bits per heavy atom. The maximum Gasteiger partial charge on any atom is 0.276 e. The van der Waals surface area contributed by atoms with Gasteiger partial charge in [-0.15, -0.1) is 10.2 Å². The number of likely N-dealkylation sites (tertiary alicyclic amines) is 1. The molecule has 0 atom stereocenters. The van der Waals surface area contributed by atoms with E-state index in [4.69, 9.17) is 20.8 Å². The largest absolute Gasteiger partial charge is 0.489 e. The molecule has 0 saturated carbocycles. The van der Waals surface area contributed by atoms with Gasteiger partial charge in [0, 0.05) is 47.3 Å². The zero-order valence-corrected chi connectivity index (χ0v) is 17.2. The van der Waals surface area contributed by atoms with Gasteiger partial charge in [-0.2, -0.15) is 0 Å². The van der Waals surface area contributed by atoms with Crippen LogP contribution in [0.5, 0.6) is 5.75 Å². The molecular weight excluding hydrogens is 412 g/mol. The fourth-order valence-corrected chi connectivity index (χ4v) is 3.93. The van der Waals surface area contributed by atoms with Crippen molar-refractivity contribution in [1.82, 2.24) is 20.1 Å². The summed E-state index contributed by atoms with van der Waals surface area (Å²) >= 11 is 7.57. The number of carbonyl (C=O) groups is 1. The highest BCUT2D eigenvalue weighted by Gasteiger charge is 2.22. The molecular formula is C20H19ClN4O3S. The van der Waals surface area contributed by atoms with Crippen LogP contribution >= 0.6 is 23.4 Å². The van der Waals surface area contributed by atoms with Crippen LogP contribution in [0.1, 0.15) is 29.9 Å². The average Bonchev–Trinajstić information content (AvgIpc) is 3.35. The molecule has 4 rings (SSSR count). The molecule has 2 aromatic heterocycles. The first-order chi connectivity index (χ1) is 14.2. The van der Waals surface area contributed by atoms with Gasteiger partial charge in [0.15, 0.2) is 0 Å². The van der Waals surface area contributed by atoms with Crippen LogP contribution in [0.2, 0.25) is 5.02 Å². The first-order valence-electron chi connectivity index (χ1n) is 9.20. The topological polar surface area (TPSA) is 81.4 Å². The Morgan fingerprint density at radius 2 is 2.21 bits per heavy atom. The molecule has 29 heavy (non-hydrogen) atoms. The Morgan fingerprint density at radius 3 is 3.00 bits per heavy atom. The molecule has 3 heterocycles. The monoisotopic (exact) mass is 430 g/mol. The Hall–Kier alpha value is -2.58. The van der Waals surface area contributed by atoms with Gasteiger partial charge in [0.25, 0.3) is 5.22 Å². The number of aromatic nitrogens is 3. The van der Waals surface area contributed by atoms with Crippen molar-refractivity contribution in [2.45, 2.75) is 37.0 Å². The normalized spacial score (nSPS) is 13.8. The second-order valence-corrected chi connectivity index (χ2v) is 7.93. The van der Waals surface area contributed by atoms with Crippen molar-refractivity contribution in [3.8, 4) is 5.75 Å². The summed E-state index contributed by atoms with van der Waals surface area (Å²) in [6, 6.07) is 9.36. The van der Waals surface area contributed by atoms with E-state index < -0.39 is 0 Å². The highest BCUT2D eigenvalue weighted by molar-refractivity contribution is 7.98. The zero-order chi connectivity index (χ0) is 20.1. The Balaban J connectivity index is 1.37. The number of nitrogens with zero attached hydrogens (tertiary/aromatic N) is 4. The summed E-state index contributed by atoms with van der Waals surface area (Å²) in [6.45, 7) is 1.52. The molecule has 1 aromatic carbocycles. The summed E-state index contributed by atoms with van der Waals surface area (Å²) in [5, 5.41) is 9.20. The van der Waals surface area contributed by atoms with Gasteiger partial charge in [0.1, 0.15) is 12.4 Å². The van der Waals surface area contributed by atoms with Crippen molar-refractivity contribution in [1.29, 1.82) is 0 Å². The van der Waals surface area contributed by atoms with Gasteiger partial charge in [-0.3, -0.25) is 9.78 Å². The van der Waals surface area contributed by atoms with E-state index in [0.717, 1.165) is 29.8 Å². The van der Waals surface area contributed by atoms with Gasteiger partial charge in [-0.05, 0) is 30.7 Å². The lowest BCUT2D eigenvalue weighted by atomic mass is 10.2. The Bertz CT molecular complexity index is 983. The average molecular weight is 431 g/mol. The first-order valence-corrected chi connectivity index (χ1v) is 10.6. The molecule has 150 valence electrons. The number of pyridine rings is 1. The molecule has 0 aliphatic carbocycles. The molecule has 1 saturated heterocycles. The van der Waals surface area contributed by atoms with Crippen LogP contribution in [0.15, 0.2) is 52.4 Å². The van der Waals surface area contributed by atoms with Gasteiger partial charge in [-0.25, -0.2) is 0 Å². The number of amides is 1. The number of hydrogen-bond acceptors (Lipinski definition) is 7. The minimum Gasteiger partial charge on any atom is -0.489 e. The zero-order valence-electron chi connectivity index (χ0n) is 15.6. The van der Waals surface area contributed by atoms with Crippen LogP contribution in [0.3, 0.4) is 0 Å². The Kier molecular flexibility index (Phi) is 6.31.